The highest BCUT2D eigenvalue weighted by atomic mass is 16.5. The second-order valence-electron chi connectivity index (χ2n) is 8.08. The van der Waals surface area contributed by atoms with Gasteiger partial charge >= 0.3 is 0 Å². The molecule has 1 saturated heterocycles. The SMILES string of the molecule is COC(C)(C)CC(C)CN1CCN(c2ccc(OC(C)C)nc2)CC1. The van der Waals surface area contributed by atoms with E-state index >= 15 is 0 Å². The molecule has 1 aliphatic rings. The van der Waals surface area contributed by atoms with Crippen LogP contribution in [0.15, 0.2) is 18.3 Å². The van der Waals surface area contributed by atoms with Gasteiger partial charge in [0.1, 0.15) is 0 Å². The molecule has 1 fully saturated rings. The highest BCUT2D eigenvalue weighted by Gasteiger charge is 2.24. The zero-order valence-corrected chi connectivity index (χ0v) is 16.8. The maximum atomic E-state index is 5.62. The van der Waals surface area contributed by atoms with Crippen molar-refractivity contribution in [2.45, 2.75) is 52.7 Å². The summed E-state index contributed by atoms with van der Waals surface area (Å²) >= 11 is 0. The van der Waals surface area contributed by atoms with Crippen LogP contribution in [0.2, 0.25) is 0 Å². The number of hydrogen-bond donors (Lipinski definition) is 0. The van der Waals surface area contributed by atoms with Crippen LogP contribution >= 0.6 is 0 Å². The van der Waals surface area contributed by atoms with E-state index in [-0.39, 0.29) is 11.7 Å². The Morgan fingerprint density at radius 3 is 2.32 bits per heavy atom. The van der Waals surface area contributed by atoms with Crippen molar-refractivity contribution < 1.29 is 9.47 Å². The van der Waals surface area contributed by atoms with Gasteiger partial charge in [-0.1, -0.05) is 6.92 Å². The summed E-state index contributed by atoms with van der Waals surface area (Å²) in [7, 11) is 1.80. The molecule has 0 radical (unpaired) electrons. The van der Waals surface area contributed by atoms with Crippen molar-refractivity contribution in [2.24, 2.45) is 5.92 Å². The van der Waals surface area contributed by atoms with E-state index in [2.05, 4.69) is 41.6 Å². The largest absolute Gasteiger partial charge is 0.475 e. The molecule has 1 atom stereocenters. The summed E-state index contributed by atoms with van der Waals surface area (Å²) in [5.74, 6) is 1.34. The third-order valence-electron chi connectivity index (χ3n) is 4.78. The number of aromatic nitrogens is 1. The lowest BCUT2D eigenvalue weighted by Crippen LogP contribution is -2.48. The molecule has 1 aromatic rings. The molecule has 0 amide bonds. The Morgan fingerprint density at radius 2 is 1.80 bits per heavy atom. The van der Waals surface area contributed by atoms with E-state index < -0.39 is 0 Å². The van der Waals surface area contributed by atoms with Crippen molar-refractivity contribution in [3.05, 3.63) is 18.3 Å². The van der Waals surface area contributed by atoms with Crippen LogP contribution in [-0.4, -0.2) is 61.4 Å². The van der Waals surface area contributed by atoms with Gasteiger partial charge in [-0.3, -0.25) is 4.90 Å². The molecule has 0 aromatic carbocycles. The molecule has 2 rings (SSSR count). The Labute approximate surface area is 153 Å². The maximum Gasteiger partial charge on any atom is 0.213 e. The predicted molar refractivity (Wildman–Crippen MR) is 104 cm³/mol. The quantitative estimate of drug-likeness (QED) is 0.719. The van der Waals surface area contributed by atoms with Gasteiger partial charge in [0.05, 0.1) is 23.6 Å². The van der Waals surface area contributed by atoms with Gasteiger partial charge in [-0.15, -0.1) is 0 Å². The molecule has 1 aliphatic heterocycles. The first-order chi connectivity index (χ1) is 11.8. The summed E-state index contributed by atoms with van der Waals surface area (Å²) in [6.07, 6.45) is 3.18. The second-order valence-corrected chi connectivity index (χ2v) is 8.08. The zero-order chi connectivity index (χ0) is 18.4. The summed E-state index contributed by atoms with van der Waals surface area (Å²) in [4.78, 5) is 9.39. The Balaban J connectivity index is 1.79. The van der Waals surface area contributed by atoms with Gasteiger partial charge in [0, 0.05) is 45.9 Å². The fourth-order valence-corrected chi connectivity index (χ4v) is 3.49. The van der Waals surface area contributed by atoms with Crippen molar-refractivity contribution in [2.75, 3.05) is 44.7 Å². The first kappa shape index (κ1) is 20.0. The zero-order valence-electron chi connectivity index (χ0n) is 16.8. The third-order valence-corrected chi connectivity index (χ3v) is 4.78. The van der Waals surface area contributed by atoms with E-state index in [0.717, 1.165) is 39.1 Å². The number of pyridine rings is 1. The van der Waals surface area contributed by atoms with Crippen LogP contribution in [-0.2, 0) is 4.74 Å². The van der Waals surface area contributed by atoms with E-state index in [1.807, 2.05) is 26.1 Å². The normalized spacial score (nSPS) is 17.8. The van der Waals surface area contributed by atoms with Gasteiger partial charge in [-0.2, -0.15) is 0 Å². The fourth-order valence-electron chi connectivity index (χ4n) is 3.49. The lowest BCUT2D eigenvalue weighted by Gasteiger charge is -2.38. The van der Waals surface area contributed by atoms with Gasteiger partial charge in [0.15, 0.2) is 0 Å². The average molecular weight is 350 g/mol. The highest BCUT2D eigenvalue weighted by molar-refractivity contribution is 5.45. The predicted octanol–water partition coefficient (Wildman–Crippen LogP) is 3.44. The van der Waals surface area contributed by atoms with Crippen LogP contribution in [0.3, 0.4) is 0 Å². The van der Waals surface area contributed by atoms with Crippen molar-refractivity contribution in [3.8, 4) is 5.88 Å². The first-order valence-corrected chi connectivity index (χ1v) is 9.44. The second kappa shape index (κ2) is 8.86. The standard InChI is InChI=1S/C20H35N3O2/c1-16(2)25-19-8-7-18(14-21-19)23-11-9-22(10-12-23)15-17(3)13-20(4,5)24-6/h7-8,14,16-17H,9-13,15H2,1-6H3. The van der Waals surface area contributed by atoms with E-state index in [0.29, 0.717) is 11.8 Å². The Kier molecular flexibility index (Phi) is 7.08. The monoisotopic (exact) mass is 349 g/mol. The molecule has 142 valence electrons. The summed E-state index contributed by atoms with van der Waals surface area (Å²) in [6.45, 7) is 16.1. The van der Waals surface area contributed by atoms with Crippen LogP contribution < -0.4 is 9.64 Å². The molecule has 1 aromatic heterocycles. The summed E-state index contributed by atoms with van der Waals surface area (Å²) in [6, 6.07) is 4.08. The number of ether oxygens (including phenoxy) is 2. The van der Waals surface area contributed by atoms with Crippen LogP contribution in [0, 0.1) is 5.92 Å². The van der Waals surface area contributed by atoms with Gasteiger partial charge in [0.25, 0.3) is 0 Å². The highest BCUT2D eigenvalue weighted by Crippen LogP contribution is 2.22. The molecule has 0 aliphatic carbocycles. The van der Waals surface area contributed by atoms with Crippen molar-refractivity contribution in [1.29, 1.82) is 0 Å². The molecular weight excluding hydrogens is 314 g/mol. The van der Waals surface area contributed by atoms with Gasteiger partial charge in [0.2, 0.25) is 5.88 Å². The minimum Gasteiger partial charge on any atom is -0.475 e. The molecular formula is C20H35N3O2. The lowest BCUT2D eigenvalue weighted by molar-refractivity contribution is -0.000201. The van der Waals surface area contributed by atoms with Crippen LogP contribution in [0.5, 0.6) is 5.88 Å². The Morgan fingerprint density at radius 1 is 1.12 bits per heavy atom. The topological polar surface area (TPSA) is 37.8 Å². The molecule has 1 unspecified atom stereocenters. The first-order valence-electron chi connectivity index (χ1n) is 9.44. The molecule has 5 nitrogen and oxygen atoms in total. The molecule has 25 heavy (non-hydrogen) atoms. The molecule has 5 heteroatoms. The number of hydrogen-bond acceptors (Lipinski definition) is 5. The summed E-state index contributed by atoms with van der Waals surface area (Å²) in [5, 5.41) is 0. The average Bonchev–Trinajstić information content (AvgIpc) is 2.55. The Hall–Kier alpha value is -1.33. The van der Waals surface area contributed by atoms with Gasteiger partial charge in [-0.05, 0) is 46.1 Å². The molecule has 0 N–H and O–H groups in total. The van der Waals surface area contributed by atoms with Crippen LogP contribution in [0.4, 0.5) is 5.69 Å². The van der Waals surface area contributed by atoms with Crippen LogP contribution in [0.25, 0.3) is 0 Å². The number of methoxy groups -OCH3 is 1. The van der Waals surface area contributed by atoms with Crippen molar-refractivity contribution >= 4 is 5.69 Å². The lowest BCUT2D eigenvalue weighted by atomic mass is 9.94. The van der Waals surface area contributed by atoms with Gasteiger partial charge < -0.3 is 14.4 Å². The van der Waals surface area contributed by atoms with E-state index in [1.54, 1.807) is 7.11 Å². The minimum atomic E-state index is -0.0350. The molecule has 2 heterocycles. The fraction of sp³-hybridized carbons (Fsp3) is 0.750. The van der Waals surface area contributed by atoms with Gasteiger partial charge in [-0.25, -0.2) is 4.98 Å². The number of anilines is 1. The van der Waals surface area contributed by atoms with E-state index in [9.17, 15) is 0 Å². The molecule has 0 spiro atoms. The van der Waals surface area contributed by atoms with Crippen molar-refractivity contribution in [3.63, 3.8) is 0 Å². The molecule has 0 saturated carbocycles. The minimum absolute atomic E-state index is 0.0350. The maximum absolute atomic E-state index is 5.62. The van der Waals surface area contributed by atoms with E-state index in [4.69, 9.17) is 9.47 Å². The van der Waals surface area contributed by atoms with Crippen molar-refractivity contribution in [1.82, 2.24) is 9.88 Å². The van der Waals surface area contributed by atoms with Crippen LogP contribution in [0.1, 0.15) is 41.0 Å². The third kappa shape index (κ3) is 6.48. The Bertz CT molecular complexity index is 508. The summed E-state index contributed by atoms with van der Waals surface area (Å²) < 4.78 is 11.2. The number of rotatable bonds is 8. The summed E-state index contributed by atoms with van der Waals surface area (Å²) in [5.41, 5.74) is 1.15. The smallest absolute Gasteiger partial charge is 0.213 e. The number of piperazine rings is 1. The molecule has 0 bridgehead atoms. The van der Waals surface area contributed by atoms with E-state index in [1.165, 1.54) is 5.69 Å². The number of nitrogens with zero attached hydrogens (tertiary/aromatic N) is 3.